The van der Waals surface area contributed by atoms with Gasteiger partial charge in [-0.1, -0.05) is 18.2 Å². The van der Waals surface area contributed by atoms with Gasteiger partial charge in [0.25, 0.3) is 0 Å². The van der Waals surface area contributed by atoms with Crippen LogP contribution in [0.5, 0.6) is 0 Å². The van der Waals surface area contributed by atoms with E-state index in [1.165, 1.54) is 0 Å². The highest BCUT2D eigenvalue weighted by molar-refractivity contribution is 7.65. The van der Waals surface area contributed by atoms with Gasteiger partial charge in [0, 0.05) is 11.6 Å². The smallest absolute Gasteiger partial charge is 0.246 e. The Balaban J connectivity index is 4.24. The predicted octanol–water partition coefficient (Wildman–Crippen LogP) is 3.92. The molecule has 3 heteroatoms. The fourth-order valence-corrected chi connectivity index (χ4v) is 2.32. The maximum atomic E-state index is 11.9. The minimum atomic E-state index is -2.66. The van der Waals surface area contributed by atoms with Gasteiger partial charge in [0.1, 0.15) is 0 Å². The Hall–Kier alpha value is -0.590. The van der Waals surface area contributed by atoms with E-state index in [0.29, 0.717) is 6.61 Å². The first-order valence-electron chi connectivity index (χ1n) is 4.31. The van der Waals surface area contributed by atoms with Crippen LogP contribution in [0, 0.1) is 0 Å². The number of hydrogen-bond donors (Lipinski definition) is 0. The lowest BCUT2D eigenvalue weighted by Crippen LogP contribution is -1.87. The van der Waals surface area contributed by atoms with Gasteiger partial charge in [0.15, 0.2) is 0 Å². The molecule has 13 heavy (non-hydrogen) atoms. The number of hydrogen-bond acceptors (Lipinski definition) is 2. The van der Waals surface area contributed by atoms with E-state index < -0.39 is 7.37 Å². The highest BCUT2D eigenvalue weighted by Crippen LogP contribution is 2.50. The molecule has 0 spiro atoms. The average molecular weight is 200 g/mol. The van der Waals surface area contributed by atoms with Crippen LogP contribution in [-0.2, 0) is 9.09 Å². The third-order valence-electron chi connectivity index (χ3n) is 1.33. The third kappa shape index (κ3) is 5.62. The molecule has 0 fully saturated rings. The molecule has 0 atom stereocenters. The zero-order valence-electron chi connectivity index (χ0n) is 8.27. The van der Waals surface area contributed by atoms with Crippen LogP contribution in [0.4, 0.5) is 0 Å². The van der Waals surface area contributed by atoms with E-state index in [1.807, 2.05) is 13.8 Å². The molecule has 0 heterocycles. The van der Waals surface area contributed by atoms with Crippen molar-refractivity contribution in [2.45, 2.75) is 20.3 Å². The molecule has 0 unspecified atom stereocenters. The van der Waals surface area contributed by atoms with Crippen LogP contribution in [0.1, 0.15) is 20.3 Å². The van der Waals surface area contributed by atoms with Crippen molar-refractivity contribution in [1.82, 2.24) is 0 Å². The molecule has 0 radical (unpaired) electrons. The fraction of sp³-hybridized carbons (Fsp3) is 0.400. The van der Waals surface area contributed by atoms with Crippen molar-refractivity contribution in [3.8, 4) is 0 Å². The molecule has 0 rings (SSSR count). The molecule has 0 aliphatic carbocycles. The highest BCUT2D eigenvalue weighted by atomic mass is 31.2. The van der Waals surface area contributed by atoms with Crippen LogP contribution in [0.25, 0.3) is 0 Å². The van der Waals surface area contributed by atoms with Gasteiger partial charge in [0.2, 0.25) is 7.37 Å². The number of allylic oxidation sites excluding steroid dienone is 2. The molecule has 74 valence electrons. The Bertz CT molecular complexity index is 225. The van der Waals surface area contributed by atoms with Crippen molar-refractivity contribution in [2.75, 3.05) is 6.61 Å². The molecule has 0 N–H and O–H groups in total. The van der Waals surface area contributed by atoms with Crippen molar-refractivity contribution in [3.63, 3.8) is 0 Å². The molecular formula is C10H17O2P. The molecule has 0 aromatic rings. The molecule has 0 saturated carbocycles. The quantitative estimate of drug-likeness (QED) is 0.369. The SMILES string of the molecule is C=CCCOP(=O)(/C=C/C)/C=C/C. The van der Waals surface area contributed by atoms with Crippen LogP contribution < -0.4 is 0 Å². The summed E-state index contributed by atoms with van der Waals surface area (Å²) in [5.74, 6) is 3.21. The first-order chi connectivity index (χ1) is 6.18. The lowest BCUT2D eigenvalue weighted by molar-refractivity contribution is 0.332. The van der Waals surface area contributed by atoms with Gasteiger partial charge in [-0.3, -0.25) is 4.57 Å². The van der Waals surface area contributed by atoms with Gasteiger partial charge in [-0.15, -0.1) is 6.58 Å². The minimum Gasteiger partial charge on any atom is -0.323 e. The second kappa shape index (κ2) is 6.88. The van der Waals surface area contributed by atoms with E-state index >= 15 is 0 Å². The first kappa shape index (κ1) is 12.4. The summed E-state index contributed by atoms with van der Waals surface area (Å²) in [6, 6.07) is 0. The standard InChI is InChI=1S/C10H17O2P/c1-4-7-8-12-13(11,9-5-2)10-6-3/h4-6,9-10H,1,7-8H2,2-3H3/b9-5+,10-6+. The maximum absolute atomic E-state index is 11.9. The molecule has 0 amide bonds. The van der Waals surface area contributed by atoms with Crippen LogP contribution in [0.3, 0.4) is 0 Å². The predicted molar refractivity (Wildman–Crippen MR) is 58.0 cm³/mol. The summed E-state index contributed by atoms with van der Waals surface area (Å²) in [6.45, 7) is 7.67. The van der Waals surface area contributed by atoms with Crippen molar-refractivity contribution >= 4 is 7.37 Å². The van der Waals surface area contributed by atoms with Crippen molar-refractivity contribution in [3.05, 3.63) is 36.4 Å². The summed E-state index contributed by atoms with van der Waals surface area (Å²) in [6.07, 6.45) is 5.96. The van der Waals surface area contributed by atoms with E-state index in [4.69, 9.17) is 4.52 Å². The summed E-state index contributed by atoms with van der Waals surface area (Å²) in [4.78, 5) is 0. The van der Waals surface area contributed by atoms with E-state index in [9.17, 15) is 4.57 Å². The van der Waals surface area contributed by atoms with Gasteiger partial charge >= 0.3 is 0 Å². The summed E-state index contributed by atoms with van der Waals surface area (Å²) in [5.41, 5.74) is 0. The lowest BCUT2D eigenvalue weighted by Gasteiger charge is -2.09. The summed E-state index contributed by atoms with van der Waals surface area (Å²) >= 11 is 0. The molecule has 0 aliphatic rings. The molecule has 0 aromatic heterocycles. The normalized spacial score (nSPS) is 12.8. The van der Waals surface area contributed by atoms with Crippen LogP contribution in [-0.4, -0.2) is 6.61 Å². The monoisotopic (exact) mass is 200 g/mol. The minimum absolute atomic E-state index is 0.454. The van der Waals surface area contributed by atoms with E-state index in [0.717, 1.165) is 6.42 Å². The Kier molecular flexibility index (Phi) is 6.56. The zero-order valence-corrected chi connectivity index (χ0v) is 9.17. The molecule has 0 bridgehead atoms. The largest absolute Gasteiger partial charge is 0.323 e. The van der Waals surface area contributed by atoms with Crippen LogP contribution >= 0.6 is 7.37 Å². The fourth-order valence-electron chi connectivity index (χ4n) is 0.830. The Morgan fingerprint density at radius 2 is 1.85 bits per heavy atom. The molecule has 0 aromatic carbocycles. The van der Waals surface area contributed by atoms with Crippen LogP contribution in [0.15, 0.2) is 36.4 Å². The maximum Gasteiger partial charge on any atom is 0.246 e. The van der Waals surface area contributed by atoms with E-state index in [-0.39, 0.29) is 0 Å². The Morgan fingerprint density at radius 1 is 1.31 bits per heavy atom. The third-order valence-corrected chi connectivity index (χ3v) is 3.34. The molecule has 0 saturated heterocycles. The van der Waals surface area contributed by atoms with Gasteiger partial charge < -0.3 is 4.52 Å². The first-order valence-corrected chi connectivity index (χ1v) is 6.07. The average Bonchev–Trinajstić information content (AvgIpc) is 2.05. The second-order valence-electron chi connectivity index (χ2n) is 2.52. The summed E-state index contributed by atoms with van der Waals surface area (Å²) in [5, 5.41) is 0. The van der Waals surface area contributed by atoms with E-state index in [2.05, 4.69) is 6.58 Å². The number of rotatable bonds is 6. The van der Waals surface area contributed by atoms with E-state index in [1.54, 1.807) is 29.9 Å². The summed E-state index contributed by atoms with van der Waals surface area (Å²) in [7, 11) is -2.66. The van der Waals surface area contributed by atoms with Gasteiger partial charge in [0.05, 0.1) is 6.61 Å². The van der Waals surface area contributed by atoms with Crippen LogP contribution in [0.2, 0.25) is 0 Å². The molecule has 2 nitrogen and oxygen atoms in total. The Morgan fingerprint density at radius 3 is 2.23 bits per heavy atom. The topological polar surface area (TPSA) is 26.3 Å². The summed E-state index contributed by atoms with van der Waals surface area (Å²) < 4.78 is 17.1. The molecule has 0 aliphatic heterocycles. The molecular weight excluding hydrogens is 183 g/mol. The second-order valence-corrected chi connectivity index (χ2v) is 4.67. The van der Waals surface area contributed by atoms with Gasteiger partial charge in [-0.25, -0.2) is 0 Å². The van der Waals surface area contributed by atoms with Gasteiger partial charge in [-0.05, 0) is 20.3 Å². The van der Waals surface area contributed by atoms with Gasteiger partial charge in [-0.2, -0.15) is 0 Å². The van der Waals surface area contributed by atoms with Crippen molar-refractivity contribution in [2.24, 2.45) is 0 Å². The highest BCUT2D eigenvalue weighted by Gasteiger charge is 2.12. The van der Waals surface area contributed by atoms with Crippen molar-refractivity contribution < 1.29 is 9.09 Å². The Labute approximate surface area is 80.4 Å². The lowest BCUT2D eigenvalue weighted by atomic mass is 10.5. The zero-order chi connectivity index (χ0) is 10.2. The van der Waals surface area contributed by atoms with Crippen molar-refractivity contribution in [1.29, 1.82) is 0 Å².